The molecule has 104 valence electrons. The number of rotatable bonds is 2. The van der Waals surface area contributed by atoms with Gasteiger partial charge in [-0.1, -0.05) is 11.6 Å². The Balaban J connectivity index is 1.90. The van der Waals surface area contributed by atoms with Crippen LogP contribution >= 0.6 is 11.6 Å². The molecule has 2 saturated heterocycles. The largest absolute Gasteiger partial charge is 0.367 e. The van der Waals surface area contributed by atoms with Crippen LogP contribution in [0.15, 0.2) is 11.0 Å². The van der Waals surface area contributed by atoms with Gasteiger partial charge in [0.25, 0.3) is 5.56 Å². The number of hydrogen-bond acceptors (Lipinski definition) is 4. The fourth-order valence-corrected chi connectivity index (χ4v) is 3.33. The minimum atomic E-state index is -0.191. The van der Waals surface area contributed by atoms with Gasteiger partial charge in [0.2, 0.25) is 0 Å². The fraction of sp³-hybridized carbons (Fsp3) is 0.692. The summed E-state index contributed by atoms with van der Waals surface area (Å²) in [6.07, 6.45) is 5.30. The van der Waals surface area contributed by atoms with Gasteiger partial charge in [0.15, 0.2) is 0 Å². The van der Waals surface area contributed by atoms with E-state index in [-0.39, 0.29) is 5.56 Å². The lowest BCUT2D eigenvalue weighted by Crippen LogP contribution is -2.36. The molecule has 2 bridgehead atoms. The zero-order chi connectivity index (χ0) is 13.4. The predicted molar refractivity (Wildman–Crippen MR) is 76.0 cm³/mol. The lowest BCUT2D eigenvalue weighted by molar-refractivity contribution is 0.563. The molecule has 1 aromatic rings. The first kappa shape index (κ1) is 12.9. The Morgan fingerprint density at radius 3 is 3.00 bits per heavy atom. The highest BCUT2D eigenvalue weighted by Crippen LogP contribution is 2.27. The Hall–Kier alpha value is -1.07. The van der Waals surface area contributed by atoms with Gasteiger partial charge in [0.1, 0.15) is 5.02 Å². The SMILES string of the molecule is CCn1ncc(N2CCC3CCC(C2)N3)c(Cl)c1=O. The van der Waals surface area contributed by atoms with Gasteiger partial charge in [-0.05, 0) is 26.2 Å². The van der Waals surface area contributed by atoms with E-state index in [2.05, 4.69) is 15.3 Å². The third-order valence-electron chi connectivity index (χ3n) is 4.13. The molecule has 2 aliphatic rings. The molecule has 3 heterocycles. The predicted octanol–water partition coefficient (Wildman–Crippen LogP) is 1.25. The molecule has 6 heteroatoms. The second-order valence-corrected chi connectivity index (χ2v) is 5.72. The smallest absolute Gasteiger partial charge is 0.287 e. The average molecular weight is 283 g/mol. The first-order chi connectivity index (χ1) is 9.19. The van der Waals surface area contributed by atoms with Crippen LogP contribution in [0.1, 0.15) is 26.2 Å². The van der Waals surface area contributed by atoms with Crippen molar-refractivity contribution in [2.24, 2.45) is 0 Å². The van der Waals surface area contributed by atoms with Crippen molar-refractivity contribution in [3.05, 3.63) is 21.6 Å². The van der Waals surface area contributed by atoms with E-state index in [4.69, 9.17) is 11.6 Å². The van der Waals surface area contributed by atoms with Gasteiger partial charge in [-0.3, -0.25) is 4.79 Å². The standard InChI is InChI=1S/C13H19ClN4O/c1-2-18-13(19)12(14)11(7-15-18)17-6-5-9-3-4-10(8-17)16-9/h7,9-10,16H,2-6,8H2,1H3. The molecule has 3 rings (SSSR count). The molecule has 2 unspecified atom stereocenters. The number of aryl methyl sites for hydroxylation is 1. The molecule has 0 saturated carbocycles. The van der Waals surface area contributed by atoms with Crippen LogP contribution in [0.5, 0.6) is 0 Å². The molecule has 1 N–H and O–H groups in total. The lowest BCUT2D eigenvalue weighted by atomic mass is 10.1. The summed E-state index contributed by atoms with van der Waals surface area (Å²) in [6.45, 7) is 4.28. The first-order valence-electron chi connectivity index (χ1n) is 6.95. The summed E-state index contributed by atoms with van der Waals surface area (Å²) in [4.78, 5) is 14.2. The van der Waals surface area contributed by atoms with Crippen LogP contribution in [0.25, 0.3) is 0 Å². The molecule has 2 atom stereocenters. The highest BCUT2D eigenvalue weighted by atomic mass is 35.5. The van der Waals surface area contributed by atoms with Gasteiger partial charge in [0, 0.05) is 31.7 Å². The Labute approximate surface area is 117 Å². The molecule has 2 fully saturated rings. The summed E-state index contributed by atoms with van der Waals surface area (Å²) >= 11 is 6.23. The van der Waals surface area contributed by atoms with Crippen molar-refractivity contribution in [1.82, 2.24) is 15.1 Å². The number of aromatic nitrogens is 2. The topological polar surface area (TPSA) is 50.2 Å². The van der Waals surface area contributed by atoms with Crippen LogP contribution in [-0.2, 0) is 6.54 Å². The summed E-state index contributed by atoms with van der Waals surface area (Å²) in [6, 6.07) is 1.13. The second kappa shape index (κ2) is 5.13. The Morgan fingerprint density at radius 1 is 1.42 bits per heavy atom. The number of nitrogens with zero attached hydrogens (tertiary/aromatic N) is 3. The van der Waals surface area contributed by atoms with Gasteiger partial charge >= 0.3 is 0 Å². The zero-order valence-corrected chi connectivity index (χ0v) is 11.9. The number of halogens is 1. The quantitative estimate of drug-likeness (QED) is 0.887. The molecular weight excluding hydrogens is 264 g/mol. The third kappa shape index (κ3) is 2.37. The van der Waals surface area contributed by atoms with E-state index in [1.807, 2.05) is 6.92 Å². The van der Waals surface area contributed by atoms with Crippen LogP contribution in [-0.4, -0.2) is 35.0 Å². The Morgan fingerprint density at radius 2 is 2.21 bits per heavy atom. The van der Waals surface area contributed by atoms with E-state index in [1.54, 1.807) is 6.20 Å². The summed E-state index contributed by atoms with van der Waals surface area (Å²) in [7, 11) is 0. The summed E-state index contributed by atoms with van der Waals surface area (Å²) in [5, 5.41) is 8.10. The molecule has 1 aromatic heterocycles. The van der Waals surface area contributed by atoms with Crippen LogP contribution in [0, 0.1) is 0 Å². The number of nitrogens with one attached hydrogen (secondary N) is 1. The summed E-state index contributed by atoms with van der Waals surface area (Å²) in [5.41, 5.74) is 0.592. The zero-order valence-electron chi connectivity index (χ0n) is 11.1. The third-order valence-corrected chi connectivity index (χ3v) is 4.49. The molecular formula is C13H19ClN4O. The van der Waals surface area contributed by atoms with Crippen molar-refractivity contribution in [1.29, 1.82) is 0 Å². The van der Waals surface area contributed by atoms with Crippen molar-refractivity contribution in [3.63, 3.8) is 0 Å². The molecule has 5 nitrogen and oxygen atoms in total. The summed E-state index contributed by atoms with van der Waals surface area (Å²) < 4.78 is 1.40. The molecule has 0 aliphatic carbocycles. The van der Waals surface area contributed by atoms with E-state index in [1.165, 1.54) is 17.5 Å². The van der Waals surface area contributed by atoms with Crippen LogP contribution in [0.3, 0.4) is 0 Å². The maximum absolute atomic E-state index is 12.0. The van der Waals surface area contributed by atoms with E-state index in [0.717, 1.165) is 25.2 Å². The highest BCUT2D eigenvalue weighted by molar-refractivity contribution is 6.33. The molecule has 0 radical (unpaired) electrons. The minimum Gasteiger partial charge on any atom is -0.367 e. The number of anilines is 1. The molecule has 0 aromatic carbocycles. The molecule has 0 amide bonds. The van der Waals surface area contributed by atoms with Gasteiger partial charge in [0.05, 0.1) is 11.9 Å². The fourth-order valence-electron chi connectivity index (χ4n) is 3.06. The molecule has 2 aliphatic heterocycles. The van der Waals surface area contributed by atoms with Crippen molar-refractivity contribution in [3.8, 4) is 0 Å². The van der Waals surface area contributed by atoms with Gasteiger partial charge in [-0.15, -0.1) is 0 Å². The highest BCUT2D eigenvalue weighted by Gasteiger charge is 2.30. The van der Waals surface area contributed by atoms with Crippen LogP contribution < -0.4 is 15.8 Å². The normalized spacial score (nSPS) is 26.5. The van der Waals surface area contributed by atoms with E-state index >= 15 is 0 Å². The van der Waals surface area contributed by atoms with Crippen molar-refractivity contribution < 1.29 is 0 Å². The molecule has 0 spiro atoms. The maximum atomic E-state index is 12.0. The van der Waals surface area contributed by atoms with E-state index < -0.39 is 0 Å². The van der Waals surface area contributed by atoms with Crippen molar-refractivity contribution in [2.75, 3.05) is 18.0 Å². The monoisotopic (exact) mass is 282 g/mol. The van der Waals surface area contributed by atoms with E-state index in [0.29, 0.717) is 23.7 Å². The van der Waals surface area contributed by atoms with Gasteiger partial charge < -0.3 is 10.2 Å². The Kier molecular flexibility index (Phi) is 3.50. The Bertz CT molecular complexity index is 530. The lowest BCUT2D eigenvalue weighted by Gasteiger charge is -2.26. The van der Waals surface area contributed by atoms with Crippen molar-refractivity contribution in [2.45, 2.75) is 44.8 Å². The number of fused-ring (bicyclic) bond motifs is 2. The average Bonchev–Trinajstić information content (AvgIpc) is 2.73. The van der Waals surface area contributed by atoms with Gasteiger partial charge in [-0.25, -0.2) is 4.68 Å². The van der Waals surface area contributed by atoms with Crippen LogP contribution in [0.2, 0.25) is 5.02 Å². The summed E-state index contributed by atoms with van der Waals surface area (Å²) in [5.74, 6) is 0. The molecule has 19 heavy (non-hydrogen) atoms. The van der Waals surface area contributed by atoms with Gasteiger partial charge in [-0.2, -0.15) is 5.10 Å². The maximum Gasteiger partial charge on any atom is 0.287 e. The minimum absolute atomic E-state index is 0.191. The second-order valence-electron chi connectivity index (χ2n) is 5.34. The van der Waals surface area contributed by atoms with Crippen molar-refractivity contribution >= 4 is 17.3 Å². The van der Waals surface area contributed by atoms with Crippen LogP contribution in [0.4, 0.5) is 5.69 Å². The van der Waals surface area contributed by atoms with E-state index in [9.17, 15) is 4.79 Å². The number of hydrogen-bond donors (Lipinski definition) is 1. The first-order valence-corrected chi connectivity index (χ1v) is 7.33.